The number of carboxylic acids is 1. The maximum Gasteiger partial charge on any atom is 2.00 e. The second-order valence-corrected chi connectivity index (χ2v) is 14.2. The maximum atomic E-state index is 11.6. The molecule has 0 unspecified atom stereocenters. The van der Waals surface area contributed by atoms with Crippen molar-refractivity contribution in [2.75, 3.05) is 6.54 Å². The van der Waals surface area contributed by atoms with E-state index in [0.717, 1.165) is 43.8 Å². The number of hydrogen-bond acceptors (Lipinski definition) is 9. The minimum absolute atomic E-state index is 0. The van der Waals surface area contributed by atoms with Gasteiger partial charge >= 0.3 is 23.0 Å². The fourth-order valence-corrected chi connectivity index (χ4v) is 7.84. The molecular weight excluding hydrogens is 778 g/mol. The standard InChI is InChI=1S/C32H16N8.C9H11NO4S.Cu/c1-2-10-18-17(9-1)25-33-26(18)38-28-21-13-5-6-14-22(21)30(35-28)40-32-24-16-8-7-15-23(24)31(36-32)39-29-20-12-4-3-11-19(20)27(34-29)37-25;1-2-10-15(13,14)8-6-4-3-5-7(8)9(11)12;/h1-16H;3-6,10H,2H2,1H3,(H,11,12);/q-2;;+2. The molecule has 56 heavy (non-hydrogen) atoms. The van der Waals surface area contributed by atoms with E-state index in [4.69, 9.17) is 45.0 Å². The third-order valence-electron chi connectivity index (χ3n) is 9.07. The van der Waals surface area contributed by atoms with Crippen LogP contribution in [-0.2, 0) is 27.1 Å². The number of nitrogens with one attached hydrogen (secondary N) is 1. The van der Waals surface area contributed by atoms with E-state index in [1.807, 2.05) is 97.1 Å². The summed E-state index contributed by atoms with van der Waals surface area (Å²) in [6.45, 7) is 1.84. The van der Waals surface area contributed by atoms with E-state index in [2.05, 4.69) is 4.72 Å². The molecule has 1 radical (unpaired) electrons. The van der Waals surface area contributed by atoms with Gasteiger partial charge in [0.2, 0.25) is 10.0 Å². The largest absolute Gasteiger partial charge is 2.00 e. The van der Waals surface area contributed by atoms with Crippen LogP contribution in [0.25, 0.3) is 89.7 Å². The van der Waals surface area contributed by atoms with Crippen LogP contribution in [0.15, 0.2) is 126 Å². The van der Waals surface area contributed by atoms with E-state index in [9.17, 15) is 13.2 Å². The van der Waals surface area contributed by atoms with Gasteiger partial charge in [0.1, 0.15) is 0 Å². The monoisotopic (exact) mass is 804 g/mol. The molecule has 13 nitrogen and oxygen atoms in total. The topological polar surface area (TPSA) is 189 Å². The molecule has 2 aliphatic rings. The van der Waals surface area contributed by atoms with Crippen LogP contribution in [0.5, 0.6) is 0 Å². The number of nitrogens with zero attached hydrogens (tertiary/aromatic N) is 8. The zero-order chi connectivity index (χ0) is 37.7. The van der Waals surface area contributed by atoms with E-state index < -0.39 is 16.0 Å². The van der Waals surface area contributed by atoms with Gasteiger partial charge in [-0.2, -0.15) is 0 Å². The van der Waals surface area contributed by atoms with Crippen molar-refractivity contribution in [2.45, 2.75) is 11.8 Å². The van der Waals surface area contributed by atoms with Gasteiger partial charge in [0.25, 0.3) is 0 Å². The summed E-state index contributed by atoms with van der Waals surface area (Å²) in [7, 11) is -3.72. The van der Waals surface area contributed by atoms with Crippen LogP contribution < -0.4 is 14.7 Å². The smallest absolute Gasteiger partial charge is 0.478 e. The van der Waals surface area contributed by atoms with Crippen molar-refractivity contribution in [3.8, 4) is 45.6 Å². The number of fused-ring (bicyclic) bond motifs is 20. The molecule has 8 bridgehead atoms. The molecule has 0 fully saturated rings. The summed E-state index contributed by atoms with van der Waals surface area (Å²) in [5.41, 5.74) is 5.56. The Hall–Kier alpha value is -6.64. The summed E-state index contributed by atoms with van der Waals surface area (Å²) in [6.07, 6.45) is 0. The predicted molar refractivity (Wildman–Crippen MR) is 208 cm³/mol. The van der Waals surface area contributed by atoms with Gasteiger partial charge in [0.05, 0.1) is 33.8 Å². The molecule has 2 aliphatic heterocycles. The molecule has 5 heterocycles. The maximum absolute atomic E-state index is 11.6. The molecule has 2 N–H and O–H groups in total. The number of hydrogen-bond donors (Lipinski definition) is 2. The van der Waals surface area contributed by atoms with Crippen LogP contribution in [0.2, 0.25) is 0 Å². The van der Waals surface area contributed by atoms with Gasteiger partial charge in [-0.1, -0.05) is 116 Å². The average molecular weight is 805 g/mol. The first-order valence-corrected chi connectivity index (χ1v) is 18.7. The number of aromatic carboxylic acids is 1. The molecule has 0 spiro atoms. The molecule has 0 saturated heterocycles. The van der Waals surface area contributed by atoms with Crippen LogP contribution in [0.1, 0.15) is 17.3 Å². The van der Waals surface area contributed by atoms with Gasteiger partial charge in [-0.25, -0.2) is 27.9 Å². The molecule has 10 rings (SSSR count). The summed E-state index contributed by atoms with van der Waals surface area (Å²) in [6, 6.07) is 37.3. The van der Waals surface area contributed by atoms with Crippen molar-refractivity contribution in [3.05, 3.63) is 127 Å². The zero-order valence-electron chi connectivity index (χ0n) is 29.2. The van der Waals surface area contributed by atoms with Crippen LogP contribution in [-0.4, -0.2) is 55.9 Å². The predicted octanol–water partition coefficient (Wildman–Crippen LogP) is 6.81. The van der Waals surface area contributed by atoms with Crippen molar-refractivity contribution >= 4 is 60.1 Å². The Bertz CT molecular complexity index is 2830. The van der Waals surface area contributed by atoms with Gasteiger partial charge in [0.15, 0.2) is 0 Å². The van der Waals surface area contributed by atoms with E-state index in [1.54, 1.807) is 6.92 Å². The molecule has 8 aromatic rings. The van der Waals surface area contributed by atoms with Crippen molar-refractivity contribution in [2.24, 2.45) is 0 Å². The van der Waals surface area contributed by atoms with Crippen molar-refractivity contribution < 1.29 is 35.4 Å². The van der Waals surface area contributed by atoms with Gasteiger partial charge in [-0.05, 0) is 33.7 Å². The molecule has 0 amide bonds. The van der Waals surface area contributed by atoms with Crippen LogP contribution in [0.3, 0.4) is 0 Å². The van der Waals surface area contributed by atoms with E-state index in [1.165, 1.54) is 24.3 Å². The second kappa shape index (κ2) is 14.5. The van der Waals surface area contributed by atoms with Gasteiger partial charge in [-0.15, -0.1) is 0 Å². The average Bonchev–Trinajstić information content (AvgIpc) is 3.94. The second-order valence-electron chi connectivity index (χ2n) is 12.5. The Labute approximate surface area is 329 Å². The Balaban J connectivity index is 0.000000236. The number of aromatic nitrogens is 8. The fraction of sp³-hybridized carbons (Fsp3) is 0.0488. The van der Waals surface area contributed by atoms with Crippen molar-refractivity contribution in [3.63, 3.8) is 0 Å². The fourth-order valence-electron chi connectivity index (χ4n) is 6.60. The Kier molecular flexibility index (Phi) is 9.44. The van der Waals surface area contributed by atoms with E-state index in [-0.39, 0.29) is 34.1 Å². The number of benzene rings is 5. The van der Waals surface area contributed by atoms with Crippen LogP contribution in [0, 0.1) is 0 Å². The minimum Gasteiger partial charge on any atom is -0.478 e. The number of carbonyl (C=O) groups is 1. The Morgan fingerprint density at radius 3 is 1.20 bits per heavy atom. The van der Waals surface area contributed by atoms with Crippen molar-refractivity contribution in [1.82, 2.24) is 44.6 Å². The minimum atomic E-state index is -3.72. The summed E-state index contributed by atoms with van der Waals surface area (Å²) < 4.78 is 25.4. The van der Waals surface area contributed by atoms with E-state index in [0.29, 0.717) is 45.9 Å². The van der Waals surface area contributed by atoms with Crippen LogP contribution in [0.4, 0.5) is 0 Å². The first-order valence-electron chi connectivity index (χ1n) is 17.2. The van der Waals surface area contributed by atoms with Gasteiger partial charge in [0, 0.05) is 51.4 Å². The SMILES string of the molecule is CCNS(=O)(=O)c1ccccc1C(=O)O.[Cu+2].c1ccc2c(c1)-c1nc-2nc2[n-]c(nc3nc(nc4[n-]c(n1)c1ccccc41)-c1ccccc1-3)c1ccccc21. The van der Waals surface area contributed by atoms with E-state index >= 15 is 0 Å². The summed E-state index contributed by atoms with van der Waals surface area (Å²) in [5, 5.41) is 12.4. The third kappa shape index (κ3) is 6.37. The summed E-state index contributed by atoms with van der Waals surface area (Å²) >= 11 is 0. The first-order chi connectivity index (χ1) is 26.8. The van der Waals surface area contributed by atoms with Gasteiger partial charge < -0.3 is 35.0 Å². The third-order valence-corrected chi connectivity index (χ3v) is 10.7. The molecule has 15 heteroatoms. The molecule has 3 aromatic heterocycles. The molecule has 0 atom stereocenters. The quantitative estimate of drug-likeness (QED) is 0.177. The van der Waals surface area contributed by atoms with Gasteiger partial charge in [-0.3, -0.25) is 0 Å². The Morgan fingerprint density at radius 1 is 0.536 bits per heavy atom. The molecule has 5 aromatic carbocycles. The normalized spacial score (nSPS) is 11.6. The van der Waals surface area contributed by atoms with Crippen molar-refractivity contribution in [1.29, 1.82) is 0 Å². The zero-order valence-corrected chi connectivity index (χ0v) is 31.0. The first kappa shape index (κ1) is 36.3. The summed E-state index contributed by atoms with van der Waals surface area (Å²) in [4.78, 5) is 49.8. The molecule has 0 saturated carbocycles. The Morgan fingerprint density at radius 2 is 0.857 bits per heavy atom. The molecular formula is C41H27CuN9O4S. The molecule has 277 valence electrons. The number of rotatable bonds is 4. The summed E-state index contributed by atoms with van der Waals surface area (Å²) in [5.74, 6) is 0.951. The number of sulfonamides is 1. The molecule has 0 aliphatic carbocycles. The number of carboxylic acid groups (broad SMARTS) is 1. The van der Waals surface area contributed by atoms with Crippen LogP contribution >= 0.6 is 0 Å².